The van der Waals surface area contributed by atoms with Crippen molar-refractivity contribution in [2.75, 3.05) is 0 Å². The molecule has 106 valence electrons. The Balaban J connectivity index is 2.51. The van der Waals surface area contributed by atoms with Gasteiger partial charge in [-0.2, -0.15) is 0 Å². The molecule has 0 aliphatic carbocycles. The van der Waals surface area contributed by atoms with Crippen molar-refractivity contribution < 1.29 is 4.79 Å². The van der Waals surface area contributed by atoms with Crippen LogP contribution in [0.1, 0.15) is 36.8 Å². The molecule has 0 aliphatic rings. The Morgan fingerprint density at radius 1 is 1.05 bits per heavy atom. The summed E-state index contributed by atoms with van der Waals surface area (Å²) in [4.78, 5) is 16.6. The SMILES string of the molecule is CC(C)(C)c1cc(C(=O)Cl)c2ccc3ccccc3c2n1. The number of carbonyl (C=O) groups is 1. The van der Waals surface area contributed by atoms with Gasteiger partial charge in [-0.15, -0.1) is 0 Å². The number of hydrogen-bond donors (Lipinski definition) is 0. The molecule has 0 radical (unpaired) electrons. The van der Waals surface area contributed by atoms with Crippen LogP contribution in [0.5, 0.6) is 0 Å². The molecule has 0 spiro atoms. The van der Waals surface area contributed by atoms with Gasteiger partial charge in [0.05, 0.1) is 5.52 Å². The maximum Gasteiger partial charge on any atom is 0.253 e. The summed E-state index contributed by atoms with van der Waals surface area (Å²) in [5.41, 5.74) is 2.09. The molecule has 3 aromatic rings. The molecule has 21 heavy (non-hydrogen) atoms. The quantitative estimate of drug-likeness (QED) is 0.464. The average molecular weight is 298 g/mol. The Morgan fingerprint density at radius 3 is 2.43 bits per heavy atom. The Kier molecular flexibility index (Phi) is 3.22. The van der Waals surface area contributed by atoms with E-state index in [9.17, 15) is 4.79 Å². The Morgan fingerprint density at radius 2 is 1.76 bits per heavy atom. The van der Waals surface area contributed by atoms with Crippen LogP contribution in [0.15, 0.2) is 42.5 Å². The van der Waals surface area contributed by atoms with Gasteiger partial charge in [-0.25, -0.2) is 0 Å². The number of fused-ring (bicyclic) bond motifs is 3. The second kappa shape index (κ2) is 4.81. The Bertz CT molecular complexity index is 862. The van der Waals surface area contributed by atoms with Gasteiger partial charge in [0.15, 0.2) is 0 Å². The predicted octanol–water partition coefficient (Wildman–Crippen LogP) is 5.06. The highest BCUT2D eigenvalue weighted by molar-refractivity contribution is 6.68. The lowest BCUT2D eigenvalue weighted by atomic mass is 9.89. The molecule has 2 aromatic carbocycles. The molecule has 2 nitrogen and oxygen atoms in total. The fourth-order valence-electron chi connectivity index (χ4n) is 2.51. The Hall–Kier alpha value is -1.93. The fourth-order valence-corrected chi connectivity index (χ4v) is 2.66. The van der Waals surface area contributed by atoms with E-state index >= 15 is 0 Å². The lowest BCUT2D eigenvalue weighted by molar-refractivity contribution is 0.108. The topological polar surface area (TPSA) is 30.0 Å². The summed E-state index contributed by atoms with van der Waals surface area (Å²) < 4.78 is 0. The number of carbonyl (C=O) groups excluding carboxylic acids is 1. The van der Waals surface area contributed by atoms with Gasteiger partial charge in [-0.1, -0.05) is 57.2 Å². The van der Waals surface area contributed by atoms with Crippen molar-refractivity contribution in [3.8, 4) is 0 Å². The highest BCUT2D eigenvalue weighted by atomic mass is 35.5. The van der Waals surface area contributed by atoms with E-state index in [0.29, 0.717) is 5.56 Å². The molecule has 1 heterocycles. The molecule has 3 rings (SSSR count). The summed E-state index contributed by atoms with van der Waals surface area (Å²) in [7, 11) is 0. The minimum atomic E-state index is -0.441. The first-order chi connectivity index (χ1) is 9.88. The fraction of sp³-hybridized carbons (Fsp3) is 0.222. The minimum Gasteiger partial charge on any atom is -0.276 e. The lowest BCUT2D eigenvalue weighted by Crippen LogP contribution is -2.14. The number of aromatic nitrogens is 1. The number of benzene rings is 2. The molecule has 0 fully saturated rings. The smallest absolute Gasteiger partial charge is 0.253 e. The van der Waals surface area contributed by atoms with Crippen LogP contribution in [-0.4, -0.2) is 10.2 Å². The molecule has 3 heteroatoms. The molecule has 0 N–H and O–H groups in total. The molecule has 1 aromatic heterocycles. The summed E-state index contributed by atoms with van der Waals surface area (Å²) in [5, 5.41) is 2.52. The zero-order valence-corrected chi connectivity index (χ0v) is 13.0. The molecule has 0 saturated carbocycles. The zero-order chi connectivity index (χ0) is 15.2. The van der Waals surface area contributed by atoms with Gasteiger partial charge in [-0.05, 0) is 23.1 Å². The molecule has 0 atom stereocenters. The molecule has 0 saturated heterocycles. The van der Waals surface area contributed by atoms with Crippen LogP contribution in [0.3, 0.4) is 0 Å². The van der Waals surface area contributed by atoms with Gasteiger partial charge in [0.1, 0.15) is 0 Å². The third-order valence-electron chi connectivity index (χ3n) is 3.68. The third-order valence-corrected chi connectivity index (χ3v) is 3.89. The van der Waals surface area contributed by atoms with Crippen molar-refractivity contribution in [1.29, 1.82) is 0 Å². The predicted molar refractivity (Wildman–Crippen MR) is 88.1 cm³/mol. The molecular weight excluding hydrogens is 282 g/mol. The standard InChI is InChI=1S/C18H16ClNO/c1-18(2,3)15-10-14(17(19)21)13-9-8-11-6-4-5-7-12(11)16(13)20-15/h4-10H,1-3H3. The van der Waals surface area contributed by atoms with E-state index in [2.05, 4.69) is 20.8 Å². The van der Waals surface area contributed by atoms with Gasteiger partial charge in [0.25, 0.3) is 5.24 Å². The number of halogens is 1. The Labute approximate surface area is 128 Å². The van der Waals surface area contributed by atoms with Gasteiger partial charge in [-0.3, -0.25) is 9.78 Å². The second-order valence-corrected chi connectivity index (χ2v) is 6.60. The summed E-state index contributed by atoms with van der Waals surface area (Å²) >= 11 is 5.79. The molecule has 0 aliphatic heterocycles. The number of nitrogens with zero attached hydrogens (tertiary/aromatic N) is 1. The summed E-state index contributed by atoms with van der Waals surface area (Å²) in [5.74, 6) is 0. The maximum atomic E-state index is 11.8. The van der Waals surface area contributed by atoms with Crippen LogP contribution < -0.4 is 0 Å². The van der Waals surface area contributed by atoms with E-state index in [1.165, 1.54) is 0 Å². The summed E-state index contributed by atoms with van der Waals surface area (Å²) in [6, 6.07) is 13.8. The van der Waals surface area contributed by atoms with Crippen molar-refractivity contribution in [3.05, 3.63) is 53.7 Å². The van der Waals surface area contributed by atoms with Crippen LogP contribution in [0, 0.1) is 0 Å². The second-order valence-electron chi connectivity index (χ2n) is 6.26. The largest absolute Gasteiger partial charge is 0.276 e. The van der Waals surface area contributed by atoms with Crippen molar-refractivity contribution in [2.45, 2.75) is 26.2 Å². The van der Waals surface area contributed by atoms with Crippen molar-refractivity contribution in [3.63, 3.8) is 0 Å². The van der Waals surface area contributed by atoms with Gasteiger partial charge in [0.2, 0.25) is 0 Å². The van der Waals surface area contributed by atoms with E-state index in [1.807, 2.05) is 42.5 Å². The molecule has 0 amide bonds. The third kappa shape index (κ3) is 2.40. The zero-order valence-electron chi connectivity index (χ0n) is 12.3. The normalized spacial score (nSPS) is 12.0. The summed E-state index contributed by atoms with van der Waals surface area (Å²) in [6.45, 7) is 6.23. The maximum absolute atomic E-state index is 11.8. The molecule has 0 bridgehead atoms. The summed E-state index contributed by atoms with van der Waals surface area (Å²) in [6.07, 6.45) is 0. The van der Waals surface area contributed by atoms with E-state index < -0.39 is 5.24 Å². The highest BCUT2D eigenvalue weighted by Crippen LogP contribution is 2.31. The first-order valence-corrected chi connectivity index (χ1v) is 7.28. The van der Waals surface area contributed by atoms with Crippen LogP contribution >= 0.6 is 11.6 Å². The van der Waals surface area contributed by atoms with Crippen molar-refractivity contribution in [1.82, 2.24) is 4.98 Å². The van der Waals surface area contributed by atoms with Crippen LogP contribution in [0.25, 0.3) is 21.7 Å². The van der Waals surface area contributed by atoms with E-state index in [4.69, 9.17) is 16.6 Å². The molecular formula is C18H16ClNO. The monoisotopic (exact) mass is 297 g/mol. The highest BCUT2D eigenvalue weighted by Gasteiger charge is 2.20. The number of hydrogen-bond acceptors (Lipinski definition) is 2. The average Bonchev–Trinajstić information content (AvgIpc) is 2.44. The van der Waals surface area contributed by atoms with Crippen LogP contribution in [0.2, 0.25) is 0 Å². The van der Waals surface area contributed by atoms with E-state index in [-0.39, 0.29) is 5.41 Å². The van der Waals surface area contributed by atoms with Gasteiger partial charge >= 0.3 is 0 Å². The van der Waals surface area contributed by atoms with Crippen LogP contribution in [-0.2, 0) is 5.41 Å². The lowest BCUT2D eigenvalue weighted by Gasteiger charge is -2.19. The van der Waals surface area contributed by atoms with Crippen molar-refractivity contribution in [2.24, 2.45) is 0 Å². The molecule has 0 unspecified atom stereocenters. The first-order valence-electron chi connectivity index (χ1n) is 6.91. The van der Waals surface area contributed by atoms with Crippen LogP contribution in [0.4, 0.5) is 0 Å². The van der Waals surface area contributed by atoms with Gasteiger partial charge < -0.3 is 0 Å². The number of rotatable bonds is 1. The number of pyridine rings is 1. The van der Waals surface area contributed by atoms with E-state index in [1.54, 1.807) is 0 Å². The minimum absolute atomic E-state index is 0.147. The van der Waals surface area contributed by atoms with E-state index in [0.717, 1.165) is 27.4 Å². The van der Waals surface area contributed by atoms with Gasteiger partial charge in [0, 0.05) is 27.4 Å². The first kappa shape index (κ1) is 14.0. The van der Waals surface area contributed by atoms with Crippen molar-refractivity contribution >= 4 is 38.5 Å².